The van der Waals surface area contributed by atoms with Crippen molar-refractivity contribution in [1.82, 2.24) is 15.3 Å². The number of nitrogens with zero attached hydrogens (tertiary/aromatic N) is 2. The summed E-state index contributed by atoms with van der Waals surface area (Å²) in [4.78, 5) is 22.3. The molecule has 1 heterocycles. The zero-order valence-electron chi connectivity index (χ0n) is 7.20. The van der Waals surface area contributed by atoms with Crippen LogP contribution in [0.1, 0.15) is 0 Å². The molecule has 1 aliphatic rings. The number of methoxy groups -OCH3 is 1. The predicted molar refractivity (Wildman–Crippen MR) is 39.9 cm³/mol. The Labute approximate surface area is 70.0 Å². The van der Waals surface area contributed by atoms with Gasteiger partial charge in [0.05, 0.1) is 0 Å². The minimum Gasteiger partial charge on any atom is -0.353 e. The predicted octanol–water partition coefficient (Wildman–Crippen LogP) is -1.01. The standard InChI is InChI=1S/C6H11N3O3/c1-8-5(10)4(12-3)7-6(11)9(8)2/h4H,1-3H3,(H,7,11)/t4-/m0/s1. The Kier molecular flexibility index (Phi) is 2.18. The van der Waals surface area contributed by atoms with Gasteiger partial charge in [0.2, 0.25) is 6.23 Å². The van der Waals surface area contributed by atoms with Crippen molar-refractivity contribution in [3.8, 4) is 0 Å². The number of hydrogen-bond donors (Lipinski definition) is 1. The van der Waals surface area contributed by atoms with Gasteiger partial charge in [0, 0.05) is 21.2 Å². The molecule has 6 heteroatoms. The number of carbonyl (C=O) groups is 2. The molecule has 0 aromatic heterocycles. The molecule has 1 aliphatic heterocycles. The van der Waals surface area contributed by atoms with Crippen LogP contribution in [0.2, 0.25) is 0 Å². The van der Waals surface area contributed by atoms with Gasteiger partial charge in [-0.15, -0.1) is 0 Å². The summed E-state index contributed by atoms with van der Waals surface area (Å²) in [5, 5.41) is 4.75. The Morgan fingerprint density at radius 1 is 1.33 bits per heavy atom. The molecule has 6 nitrogen and oxygen atoms in total. The molecule has 3 amide bonds. The zero-order valence-corrected chi connectivity index (χ0v) is 7.20. The fourth-order valence-electron chi connectivity index (χ4n) is 0.881. The fourth-order valence-corrected chi connectivity index (χ4v) is 0.881. The number of likely N-dealkylation sites (N-methyl/N-ethyl adjacent to an activating group) is 1. The minimum atomic E-state index is -0.862. The van der Waals surface area contributed by atoms with Gasteiger partial charge in [0.15, 0.2) is 0 Å². The Morgan fingerprint density at radius 2 is 1.92 bits per heavy atom. The summed E-state index contributed by atoms with van der Waals surface area (Å²) < 4.78 is 4.74. The number of ether oxygens (including phenoxy) is 1. The fraction of sp³-hybridized carbons (Fsp3) is 0.667. The maximum Gasteiger partial charge on any atom is 0.338 e. The molecule has 1 saturated heterocycles. The van der Waals surface area contributed by atoms with Crippen LogP contribution in [0.3, 0.4) is 0 Å². The van der Waals surface area contributed by atoms with Gasteiger partial charge in [-0.25, -0.2) is 14.8 Å². The van der Waals surface area contributed by atoms with Gasteiger partial charge < -0.3 is 10.1 Å². The van der Waals surface area contributed by atoms with E-state index in [0.29, 0.717) is 0 Å². The highest BCUT2D eigenvalue weighted by molar-refractivity contribution is 5.90. The molecule has 12 heavy (non-hydrogen) atoms. The largest absolute Gasteiger partial charge is 0.353 e. The summed E-state index contributed by atoms with van der Waals surface area (Å²) in [6, 6.07) is -0.357. The number of amides is 3. The normalized spacial score (nSPS) is 24.4. The highest BCUT2D eigenvalue weighted by atomic mass is 16.5. The number of rotatable bonds is 1. The molecule has 0 spiro atoms. The van der Waals surface area contributed by atoms with E-state index in [1.54, 1.807) is 0 Å². The van der Waals surface area contributed by atoms with E-state index in [9.17, 15) is 9.59 Å². The van der Waals surface area contributed by atoms with Crippen LogP contribution in [0.15, 0.2) is 0 Å². The summed E-state index contributed by atoms with van der Waals surface area (Å²) in [7, 11) is 4.37. The van der Waals surface area contributed by atoms with Gasteiger partial charge in [-0.3, -0.25) is 4.79 Å². The van der Waals surface area contributed by atoms with E-state index < -0.39 is 6.23 Å². The van der Waals surface area contributed by atoms with E-state index in [0.717, 1.165) is 0 Å². The molecule has 1 fully saturated rings. The lowest BCUT2D eigenvalue weighted by Crippen LogP contribution is -2.63. The van der Waals surface area contributed by atoms with Crippen molar-refractivity contribution in [2.24, 2.45) is 0 Å². The van der Waals surface area contributed by atoms with Crippen LogP contribution in [-0.2, 0) is 9.53 Å². The average Bonchev–Trinajstić information content (AvgIpc) is 2.08. The van der Waals surface area contributed by atoms with Crippen molar-refractivity contribution in [2.75, 3.05) is 21.2 Å². The second kappa shape index (κ2) is 2.98. The Bertz CT molecular complexity index is 214. The van der Waals surface area contributed by atoms with E-state index >= 15 is 0 Å². The first-order valence-corrected chi connectivity index (χ1v) is 3.42. The van der Waals surface area contributed by atoms with Crippen LogP contribution in [0, 0.1) is 0 Å². The maximum absolute atomic E-state index is 11.3. The van der Waals surface area contributed by atoms with Gasteiger partial charge in [0.1, 0.15) is 0 Å². The molecule has 1 atom stereocenters. The van der Waals surface area contributed by atoms with Crippen molar-refractivity contribution in [3.05, 3.63) is 0 Å². The molecule has 0 radical (unpaired) electrons. The number of carbonyl (C=O) groups excluding carboxylic acids is 2. The van der Waals surface area contributed by atoms with Crippen molar-refractivity contribution in [3.63, 3.8) is 0 Å². The van der Waals surface area contributed by atoms with E-state index in [2.05, 4.69) is 5.32 Å². The van der Waals surface area contributed by atoms with Gasteiger partial charge in [-0.05, 0) is 0 Å². The number of nitrogens with one attached hydrogen (secondary N) is 1. The lowest BCUT2D eigenvalue weighted by atomic mass is 10.4. The monoisotopic (exact) mass is 173 g/mol. The first kappa shape index (κ1) is 8.79. The van der Waals surface area contributed by atoms with Crippen LogP contribution in [0.4, 0.5) is 4.79 Å². The van der Waals surface area contributed by atoms with Gasteiger partial charge in [0.25, 0.3) is 5.91 Å². The second-order valence-corrected chi connectivity index (χ2v) is 2.45. The van der Waals surface area contributed by atoms with Crippen molar-refractivity contribution < 1.29 is 14.3 Å². The van der Waals surface area contributed by atoms with E-state index in [1.807, 2.05) is 0 Å². The highest BCUT2D eigenvalue weighted by Crippen LogP contribution is 2.04. The summed E-state index contributed by atoms with van der Waals surface area (Å²) in [6.07, 6.45) is -0.862. The minimum absolute atomic E-state index is 0.292. The first-order valence-electron chi connectivity index (χ1n) is 3.42. The number of urea groups is 1. The van der Waals surface area contributed by atoms with Crippen LogP contribution in [-0.4, -0.2) is 49.4 Å². The molecule has 0 unspecified atom stereocenters. The van der Waals surface area contributed by atoms with E-state index in [4.69, 9.17) is 4.74 Å². The zero-order chi connectivity index (χ0) is 9.30. The van der Waals surface area contributed by atoms with Gasteiger partial charge >= 0.3 is 6.03 Å². The number of hydrazine groups is 1. The smallest absolute Gasteiger partial charge is 0.338 e. The lowest BCUT2D eigenvalue weighted by Gasteiger charge is -2.36. The SMILES string of the molecule is CO[C@@H]1NC(=O)N(C)N(C)C1=O. The molecule has 0 aromatic rings. The molecule has 0 saturated carbocycles. The third-order valence-electron chi connectivity index (χ3n) is 1.78. The summed E-state index contributed by atoms with van der Waals surface area (Å²) in [5.74, 6) is -0.292. The van der Waals surface area contributed by atoms with Crippen LogP contribution >= 0.6 is 0 Å². The van der Waals surface area contributed by atoms with Crippen molar-refractivity contribution in [1.29, 1.82) is 0 Å². The molecule has 68 valence electrons. The van der Waals surface area contributed by atoms with E-state index in [1.165, 1.54) is 31.2 Å². The molecule has 0 aromatic carbocycles. The molecule has 1 N–H and O–H groups in total. The van der Waals surface area contributed by atoms with Crippen molar-refractivity contribution >= 4 is 11.9 Å². The van der Waals surface area contributed by atoms with Crippen molar-refractivity contribution in [2.45, 2.75) is 6.23 Å². The average molecular weight is 173 g/mol. The lowest BCUT2D eigenvalue weighted by molar-refractivity contribution is -0.157. The molecule has 0 aliphatic carbocycles. The highest BCUT2D eigenvalue weighted by Gasteiger charge is 2.33. The van der Waals surface area contributed by atoms with Crippen LogP contribution in [0.5, 0.6) is 0 Å². The third-order valence-corrected chi connectivity index (χ3v) is 1.78. The van der Waals surface area contributed by atoms with Crippen LogP contribution in [0.25, 0.3) is 0 Å². The second-order valence-electron chi connectivity index (χ2n) is 2.45. The van der Waals surface area contributed by atoms with Crippen LogP contribution < -0.4 is 5.32 Å². The summed E-state index contributed by atoms with van der Waals surface area (Å²) in [6.45, 7) is 0. The third kappa shape index (κ3) is 1.20. The quantitative estimate of drug-likeness (QED) is 0.552. The van der Waals surface area contributed by atoms with Gasteiger partial charge in [-0.1, -0.05) is 0 Å². The molecule has 0 bridgehead atoms. The van der Waals surface area contributed by atoms with E-state index in [-0.39, 0.29) is 11.9 Å². The molecular weight excluding hydrogens is 162 g/mol. The van der Waals surface area contributed by atoms with Gasteiger partial charge in [-0.2, -0.15) is 0 Å². The molecular formula is C6H11N3O3. The Hall–Kier alpha value is -1.30. The summed E-state index contributed by atoms with van der Waals surface area (Å²) >= 11 is 0. The maximum atomic E-state index is 11.3. The topological polar surface area (TPSA) is 61.9 Å². The molecule has 1 rings (SSSR count). The summed E-state index contributed by atoms with van der Waals surface area (Å²) in [5.41, 5.74) is 0. The Morgan fingerprint density at radius 3 is 2.42 bits per heavy atom. The Balaban J connectivity index is 2.77. The first-order chi connectivity index (χ1) is 5.57. The number of hydrogen-bond acceptors (Lipinski definition) is 3.